The fraction of sp³-hybridized carbons (Fsp3) is 0.346. The Morgan fingerprint density at radius 1 is 1.03 bits per heavy atom. The van der Waals surface area contributed by atoms with Crippen LogP contribution >= 0.6 is 23.4 Å². The maximum atomic E-state index is 7.49. The van der Waals surface area contributed by atoms with Gasteiger partial charge in [-0.3, -0.25) is 0 Å². The molecule has 0 saturated heterocycles. The van der Waals surface area contributed by atoms with Crippen molar-refractivity contribution in [2.45, 2.75) is 39.7 Å². The summed E-state index contributed by atoms with van der Waals surface area (Å²) < 4.78 is 14.9. The second-order valence-electron chi connectivity index (χ2n) is 8.14. The van der Waals surface area contributed by atoms with Crippen LogP contribution in [0, 0.1) is 13.8 Å². The highest BCUT2D eigenvalue weighted by Gasteiger charge is 2.49. The van der Waals surface area contributed by atoms with Gasteiger partial charge in [0, 0.05) is 52.6 Å². The number of nitrogens with zero attached hydrogens (tertiary/aromatic N) is 4. The monoisotopic (exact) mass is 500 g/mol. The van der Waals surface area contributed by atoms with E-state index < -0.39 is 5.12 Å². The Kier molecular flexibility index (Phi) is 6.74. The number of ether oxygens (including phenoxy) is 2. The van der Waals surface area contributed by atoms with Crippen molar-refractivity contribution in [2.24, 2.45) is 5.10 Å². The Bertz CT molecular complexity index is 1230. The number of benzene rings is 2. The summed E-state index contributed by atoms with van der Waals surface area (Å²) in [5, 5.41) is 3.41. The molecule has 0 N–H and O–H groups in total. The van der Waals surface area contributed by atoms with E-state index in [1.807, 2.05) is 62.4 Å². The van der Waals surface area contributed by atoms with E-state index in [1.54, 1.807) is 7.11 Å². The Morgan fingerprint density at radius 3 is 2.35 bits per heavy atom. The summed E-state index contributed by atoms with van der Waals surface area (Å²) in [7, 11) is 1.66. The van der Waals surface area contributed by atoms with Gasteiger partial charge in [0.15, 0.2) is 0 Å². The number of para-hydroxylation sites is 1. The molecule has 0 amide bonds. The molecule has 4 rings (SSSR count). The second-order valence-corrected chi connectivity index (χ2v) is 8.98. The Labute approximate surface area is 211 Å². The van der Waals surface area contributed by atoms with Crippen LogP contribution in [0.2, 0.25) is 0 Å². The summed E-state index contributed by atoms with van der Waals surface area (Å²) in [5.74, 6) is 1.46. The smallest absolute Gasteiger partial charge is 0.250 e. The lowest BCUT2D eigenvalue weighted by molar-refractivity contribution is 0.289. The fourth-order valence-electron chi connectivity index (χ4n) is 4.88. The van der Waals surface area contributed by atoms with Crippen LogP contribution in [-0.2, 0) is 5.12 Å². The summed E-state index contributed by atoms with van der Waals surface area (Å²) in [6.45, 7) is 11.3. The van der Waals surface area contributed by atoms with Gasteiger partial charge in [0.25, 0.3) is 5.12 Å². The van der Waals surface area contributed by atoms with Crippen molar-refractivity contribution < 1.29 is 9.47 Å². The van der Waals surface area contributed by atoms with Crippen molar-refractivity contribution >= 4 is 34.8 Å². The third-order valence-electron chi connectivity index (χ3n) is 6.25. The first-order chi connectivity index (χ1) is 16.3. The minimum absolute atomic E-state index is 0.584. The van der Waals surface area contributed by atoms with Gasteiger partial charge in [0.2, 0.25) is 0 Å². The van der Waals surface area contributed by atoms with Crippen molar-refractivity contribution in [1.82, 2.24) is 9.10 Å². The van der Waals surface area contributed by atoms with Crippen molar-refractivity contribution in [2.75, 3.05) is 25.2 Å². The molecule has 0 fully saturated rings. The SMILES string of the molecule is CCOc1ccc(-n2c(C)c3c(c2C)C(Cl)(N(CC)c2ccccc2)N(Cl)N=C3C)c(OC)c1. The Hall–Kier alpha value is -2.83. The second kappa shape index (κ2) is 9.43. The molecule has 0 saturated carbocycles. The highest BCUT2D eigenvalue weighted by Crippen LogP contribution is 2.49. The molecule has 180 valence electrons. The average molecular weight is 501 g/mol. The van der Waals surface area contributed by atoms with Gasteiger partial charge in [-0.15, -0.1) is 0 Å². The molecule has 34 heavy (non-hydrogen) atoms. The van der Waals surface area contributed by atoms with Crippen LogP contribution < -0.4 is 14.4 Å². The first-order valence-electron chi connectivity index (χ1n) is 11.4. The summed E-state index contributed by atoms with van der Waals surface area (Å²) in [4.78, 5) is 2.06. The highest BCUT2D eigenvalue weighted by atomic mass is 35.5. The zero-order valence-corrected chi connectivity index (χ0v) is 21.9. The van der Waals surface area contributed by atoms with E-state index in [4.69, 9.17) is 32.9 Å². The van der Waals surface area contributed by atoms with E-state index in [1.165, 1.54) is 4.53 Å². The molecule has 0 aliphatic carbocycles. The number of alkyl halides is 1. The van der Waals surface area contributed by atoms with E-state index in [0.29, 0.717) is 18.9 Å². The number of rotatable bonds is 7. The van der Waals surface area contributed by atoms with E-state index in [2.05, 4.69) is 35.3 Å². The zero-order valence-electron chi connectivity index (χ0n) is 20.4. The molecule has 8 heteroatoms. The maximum absolute atomic E-state index is 7.49. The molecule has 2 aromatic carbocycles. The number of hydrogen-bond acceptors (Lipinski definition) is 5. The number of fused-ring (bicyclic) bond motifs is 1. The number of methoxy groups -OCH3 is 1. The minimum atomic E-state index is -1.23. The van der Waals surface area contributed by atoms with Crippen LogP contribution in [0.4, 0.5) is 5.69 Å². The largest absolute Gasteiger partial charge is 0.494 e. The number of anilines is 1. The lowest BCUT2D eigenvalue weighted by atomic mass is 9.99. The Morgan fingerprint density at radius 2 is 1.74 bits per heavy atom. The van der Waals surface area contributed by atoms with E-state index >= 15 is 0 Å². The normalized spacial score (nSPS) is 17.3. The summed E-state index contributed by atoms with van der Waals surface area (Å²) in [6.07, 6.45) is 0. The van der Waals surface area contributed by atoms with Gasteiger partial charge in [0.1, 0.15) is 11.5 Å². The van der Waals surface area contributed by atoms with Crippen LogP contribution in [-0.4, -0.2) is 35.1 Å². The van der Waals surface area contributed by atoms with Crippen LogP contribution in [0.3, 0.4) is 0 Å². The third-order valence-corrected chi connectivity index (χ3v) is 7.21. The molecule has 1 aliphatic rings. The standard InChI is InChI=1S/C26H30Cl2N4O2/c1-7-30(20-12-10-9-11-13-20)26(27)25-19(5)31(18(4)24(25)17(3)29-32(26)28)22-15-14-21(34-8-2)16-23(22)33-6/h9-16H,7-8H2,1-6H3. The van der Waals surface area contributed by atoms with Crippen molar-refractivity contribution in [1.29, 1.82) is 0 Å². The topological polar surface area (TPSA) is 42.2 Å². The number of hydrogen-bond donors (Lipinski definition) is 0. The van der Waals surface area contributed by atoms with Crippen LogP contribution in [0.1, 0.15) is 43.3 Å². The predicted molar refractivity (Wildman–Crippen MR) is 140 cm³/mol. The first-order valence-corrected chi connectivity index (χ1v) is 12.1. The lowest BCUT2D eigenvalue weighted by Gasteiger charge is -2.45. The first kappa shape index (κ1) is 24.3. The lowest BCUT2D eigenvalue weighted by Crippen LogP contribution is -2.52. The molecular weight excluding hydrogens is 471 g/mol. The molecule has 1 aromatic heterocycles. The van der Waals surface area contributed by atoms with Gasteiger partial charge in [0.05, 0.1) is 25.1 Å². The molecule has 1 atom stereocenters. The molecule has 0 spiro atoms. The summed E-state index contributed by atoms with van der Waals surface area (Å²) in [6, 6.07) is 15.9. The van der Waals surface area contributed by atoms with Crippen LogP contribution in [0.15, 0.2) is 53.6 Å². The van der Waals surface area contributed by atoms with Crippen molar-refractivity contribution in [3.8, 4) is 17.2 Å². The van der Waals surface area contributed by atoms with E-state index in [9.17, 15) is 0 Å². The Balaban J connectivity index is 1.98. The van der Waals surface area contributed by atoms with E-state index in [-0.39, 0.29) is 0 Å². The maximum Gasteiger partial charge on any atom is 0.250 e. The molecule has 6 nitrogen and oxygen atoms in total. The summed E-state index contributed by atoms with van der Waals surface area (Å²) >= 11 is 14.3. The third kappa shape index (κ3) is 3.69. The molecule has 0 bridgehead atoms. The fourth-order valence-corrected chi connectivity index (χ4v) is 5.65. The predicted octanol–water partition coefficient (Wildman–Crippen LogP) is 6.57. The van der Waals surface area contributed by atoms with Gasteiger partial charge in [-0.05, 0) is 58.9 Å². The molecule has 2 heterocycles. The minimum Gasteiger partial charge on any atom is -0.494 e. The van der Waals surface area contributed by atoms with Gasteiger partial charge in [-0.25, -0.2) is 0 Å². The van der Waals surface area contributed by atoms with Crippen molar-refractivity contribution in [3.63, 3.8) is 0 Å². The molecule has 3 aromatic rings. The van der Waals surface area contributed by atoms with Gasteiger partial charge >= 0.3 is 0 Å². The quantitative estimate of drug-likeness (QED) is 0.209. The van der Waals surface area contributed by atoms with Gasteiger partial charge in [-0.1, -0.05) is 29.8 Å². The molecule has 0 radical (unpaired) electrons. The average Bonchev–Trinajstić information content (AvgIpc) is 3.10. The highest BCUT2D eigenvalue weighted by molar-refractivity contribution is 6.31. The molecular formula is C26H30Cl2N4O2. The van der Waals surface area contributed by atoms with Gasteiger partial charge in [-0.2, -0.15) is 9.63 Å². The number of aromatic nitrogens is 1. The zero-order chi connectivity index (χ0) is 24.6. The van der Waals surface area contributed by atoms with Crippen LogP contribution in [0.5, 0.6) is 11.5 Å². The van der Waals surface area contributed by atoms with Crippen molar-refractivity contribution in [3.05, 3.63) is 71.0 Å². The number of hydrazone groups is 1. The van der Waals surface area contributed by atoms with Crippen LogP contribution in [0.25, 0.3) is 5.69 Å². The molecule has 1 unspecified atom stereocenters. The summed E-state index contributed by atoms with van der Waals surface area (Å²) in [5.41, 5.74) is 6.50. The number of halogens is 2. The molecule has 1 aliphatic heterocycles. The van der Waals surface area contributed by atoms with E-state index in [0.717, 1.165) is 45.4 Å². The van der Waals surface area contributed by atoms with Gasteiger partial charge < -0.3 is 18.9 Å².